The first kappa shape index (κ1) is 15.3. The SMILES string of the molecule is Cc1ccc(OCC(F)(F)F)c(CC(C)C(=O)O)c1. The Hall–Kier alpha value is -1.72. The van der Waals surface area contributed by atoms with E-state index in [1.807, 2.05) is 0 Å². The smallest absolute Gasteiger partial charge is 0.422 e. The van der Waals surface area contributed by atoms with Gasteiger partial charge in [0.1, 0.15) is 5.75 Å². The lowest BCUT2D eigenvalue weighted by molar-refractivity contribution is -0.153. The van der Waals surface area contributed by atoms with E-state index in [-0.39, 0.29) is 12.2 Å². The fourth-order valence-electron chi connectivity index (χ4n) is 1.59. The van der Waals surface area contributed by atoms with E-state index in [1.54, 1.807) is 19.1 Å². The van der Waals surface area contributed by atoms with E-state index < -0.39 is 24.7 Å². The largest absolute Gasteiger partial charge is 0.484 e. The van der Waals surface area contributed by atoms with Gasteiger partial charge in [0.25, 0.3) is 0 Å². The minimum Gasteiger partial charge on any atom is -0.484 e. The van der Waals surface area contributed by atoms with Crippen molar-refractivity contribution in [2.45, 2.75) is 26.4 Å². The molecule has 1 aromatic carbocycles. The maximum atomic E-state index is 12.1. The van der Waals surface area contributed by atoms with E-state index in [4.69, 9.17) is 9.84 Å². The Morgan fingerprint density at radius 2 is 2.05 bits per heavy atom. The highest BCUT2D eigenvalue weighted by atomic mass is 19.4. The number of carboxylic acids is 1. The third-order valence-electron chi connectivity index (χ3n) is 2.55. The van der Waals surface area contributed by atoms with E-state index in [1.165, 1.54) is 13.0 Å². The van der Waals surface area contributed by atoms with Gasteiger partial charge in [0.05, 0.1) is 5.92 Å². The Balaban J connectivity index is 2.88. The van der Waals surface area contributed by atoms with Gasteiger partial charge in [-0.1, -0.05) is 24.6 Å². The number of ether oxygens (including phenoxy) is 1. The van der Waals surface area contributed by atoms with Crippen LogP contribution in [0.25, 0.3) is 0 Å². The zero-order valence-corrected chi connectivity index (χ0v) is 10.6. The van der Waals surface area contributed by atoms with Gasteiger partial charge in [-0.05, 0) is 25.0 Å². The first-order valence-corrected chi connectivity index (χ1v) is 5.71. The van der Waals surface area contributed by atoms with Crippen molar-refractivity contribution >= 4 is 5.97 Å². The summed E-state index contributed by atoms with van der Waals surface area (Å²) in [5.41, 5.74) is 1.31. The molecule has 1 aromatic rings. The van der Waals surface area contributed by atoms with Crippen LogP contribution >= 0.6 is 0 Å². The molecule has 0 fully saturated rings. The number of carboxylic acid groups (broad SMARTS) is 1. The molecule has 0 aliphatic rings. The first-order chi connectivity index (χ1) is 8.69. The summed E-state index contributed by atoms with van der Waals surface area (Å²) in [5.74, 6) is -1.60. The maximum absolute atomic E-state index is 12.1. The molecule has 0 amide bonds. The predicted molar refractivity (Wildman–Crippen MR) is 63.2 cm³/mol. The van der Waals surface area contributed by atoms with Crippen LogP contribution in [0.5, 0.6) is 5.75 Å². The van der Waals surface area contributed by atoms with E-state index in [0.29, 0.717) is 5.56 Å². The number of alkyl halides is 3. The molecule has 6 heteroatoms. The van der Waals surface area contributed by atoms with Crippen molar-refractivity contribution in [1.82, 2.24) is 0 Å². The lowest BCUT2D eigenvalue weighted by Gasteiger charge is -2.15. The Bertz CT molecular complexity index is 455. The van der Waals surface area contributed by atoms with Crippen LogP contribution in [0.15, 0.2) is 18.2 Å². The Morgan fingerprint density at radius 3 is 2.58 bits per heavy atom. The van der Waals surface area contributed by atoms with Crippen LogP contribution in [0.2, 0.25) is 0 Å². The number of carbonyl (C=O) groups is 1. The third kappa shape index (κ3) is 5.19. The van der Waals surface area contributed by atoms with Crippen molar-refractivity contribution in [2.75, 3.05) is 6.61 Å². The van der Waals surface area contributed by atoms with Gasteiger partial charge < -0.3 is 9.84 Å². The molecule has 3 nitrogen and oxygen atoms in total. The maximum Gasteiger partial charge on any atom is 0.422 e. The summed E-state index contributed by atoms with van der Waals surface area (Å²) in [4.78, 5) is 10.8. The standard InChI is InChI=1S/C13H15F3O3/c1-8-3-4-11(19-7-13(14,15)16)10(5-8)6-9(2)12(17)18/h3-5,9H,6-7H2,1-2H3,(H,17,18). The average Bonchev–Trinajstić information content (AvgIpc) is 2.26. The molecule has 106 valence electrons. The minimum atomic E-state index is -4.42. The number of rotatable bonds is 5. The highest BCUT2D eigenvalue weighted by molar-refractivity contribution is 5.70. The van der Waals surface area contributed by atoms with Crippen LogP contribution in [0.3, 0.4) is 0 Å². The van der Waals surface area contributed by atoms with E-state index in [9.17, 15) is 18.0 Å². The molecule has 0 aliphatic heterocycles. The molecule has 1 unspecified atom stereocenters. The zero-order valence-electron chi connectivity index (χ0n) is 10.6. The molecule has 0 aliphatic carbocycles. The van der Waals surface area contributed by atoms with Gasteiger partial charge >= 0.3 is 12.1 Å². The van der Waals surface area contributed by atoms with Gasteiger partial charge in [0.2, 0.25) is 0 Å². The Morgan fingerprint density at radius 1 is 1.42 bits per heavy atom. The number of aliphatic carboxylic acids is 1. The van der Waals surface area contributed by atoms with Crippen LogP contribution in [0, 0.1) is 12.8 Å². The molecule has 0 saturated carbocycles. The predicted octanol–water partition coefficient (Wildman–Crippen LogP) is 3.20. The highest BCUT2D eigenvalue weighted by Gasteiger charge is 2.29. The second-order valence-corrected chi connectivity index (χ2v) is 4.46. The topological polar surface area (TPSA) is 46.5 Å². The van der Waals surface area contributed by atoms with Gasteiger partial charge in [-0.3, -0.25) is 4.79 Å². The van der Waals surface area contributed by atoms with Crippen molar-refractivity contribution < 1.29 is 27.8 Å². The molecule has 1 atom stereocenters. The van der Waals surface area contributed by atoms with Gasteiger partial charge in [-0.25, -0.2) is 0 Å². The molecule has 0 bridgehead atoms. The number of aryl methyl sites for hydroxylation is 1. The second-order valence-electron chi connectivity index (χ2n) is 4.46. The molecule has 0 spiro atoms. The molecular weight excluding hydrogens is 261 g/mol. The molecule has 0 saturated heterocycles. The third-order valence-corrected chi connectivity index (χ3v) is 2.55. The summed E-state index contributed by atoms with van der Waals surface area (Å²) in [6.07, 6.45) is -4.29. The van der Waals surface area contributed by atoms with Crippen LogP contribution in [0.1, 0.15) is 18.1 Å². The molecule has 1 N–H and O–H groups in total. The van der Waals surface area contributed by atoms with Gasteiger partial charge in [-0.2, -0.15) is 13.2 Å². The Labute approximate surface area is 109 Å². The fourth-order valence-corrected chi connectivity index (χ4v) is 1.59. The summed E-state index contributed by atoms with van der Waals surface area (Å²) in [6, 6.07) is 4.71. The van der Waals surface area contributed by atoms with Crippen LogP contribution in [0.4, 0.5) is 13.2 Å². The number of halogens is 3. The first-order valence-electron chi connectivity index (χ1n) is 5.71. The lowest BCUT2D eigenvalue weighted by Crippen LogP contribution is -2.20. The fraction of sp³-hybridized carbons (Fsp3) is 0.462. The van der Waals surface area contributed by atoms with Crippen molar-refractivity contribution in [3.8, 4) is 5.75 Å². The Kier molecular flexibility index (Phi) is 4.80. The lowest BCUT2D eigenvalue weighted by atomic mass is 9.99. The summed E-state index contributed by atoms with van der Waals surface area (Å²) >= 11 is 0. The quantitative estimate of drug-likeness (QED) is 0.898. The molecule has 0 aromatic heterocycles. The zero-order chi connectivity index (χ0) is 14.6. The number of hydrogen-bond acceptors (Lipinski definition) is 2. The summed E-state index contributed by atoms with van der Waals surface area (Å²) < 4.78 is 41.1. The van der Waals surface area contributed by atoms with E-state index in [2.05, 4.69) is 0 Å². The summed E-state index contributed by atoms with van der Waals surface area (Å²) in [5, 5.41) is 8.84. The van der Waals surface area contributed by atoms with Gasteiger partial charge in [0, 0.05) is 0 Å². The van der Waals surface area contributed by atoms with E-state index in [0.717, 1.165) is 5.56 Å². The van der Waals surface area contributed by atoms with Gasteiger partial charge in [0.15, 0.2) is 6.61 Å². The molecule has 0 radical (unpaired) electrons. The van der Waals surface area contributed by atoms with Gasteiger partial charge in [-0.15, -0.1) is 0 Å². The van der Waals surface area contributed by atoms with Crippen LogP contribution in [-0.4, -0.2) is 23.9 Å². The van der Waals surface area contributed by atoms with Crippen molar-refractivity contribution in [3.63, 3.8) is 0 Å². The molecule has 0 heterocycles. The highest BCUT2D eigenvalue weighted by Crippen LogP contribution is 2.25. The van der Waals surface area contributed by atoms with Crippen LogP contribution < -0.4 is 4.74 Å². The van der Waals surface area contributed by atoms with Crippen LogP contribution in [-0.2, 0) is 11.2 Å². The van der Waals surface area contributed by atoms with E-state index >= 15 is 0 Å². The average molecular weight is 276 g/mol. The summed E-state index contributed by atoms with van der Waals surface area (Å²) in [7, 11) is 0. The number of hydrogen-bond donors (Lipinski definition) is 1. The molecular formula is C13H15F3O3. The molecule has 19 heavy (non-hydrogen) atoms. The number of benzene rings is 1. The summed E-state index contributed by atoms with van der Waals surface area (Å²) in [6.45, 7) is 1.89. The second kappa shape index (κ2) is 5.95. The monoisotopic (exact) mass is 276 g/mol. The minimum absolute atomic E-state index is 0.0797. The van der Waals surface area contributed by atoms with Crippen molar-refractivity contribution in [3.05, 3.63) is 29.3 Å². The van der Waals surface area contributed by atoms with Crippen molar-refractivity contribution in [2.24, 2.45) is 5.92 Å². The normalized spacial score (nSPS) is 13.1. The van der Waals surface area contributed by atoms with Crippen molar-refractivity contribution in [1.29, 1.82) is 0 Å². The molecule has 1 rings (SSSR count).